The van der Waals surface area contributed by atoms with Crippen molar-refractivity contribution in [1.82, 2.24) is 5.27 Å². The van der Waals surface area contributed by atoms with E-state index in [9.17, 15) is 10.2 Å². The van der Waals surface area contributed by atoms with E-state index >= 15 is 0 Å². The Kier molecular flexibility index (Phi) is 3.91. The van der Waals surface area contributed by atoms with E-state index in [1.54, 1.807) is 0 Å². The van der Waals surface area contributed by atoms with Crippen molar-refractivity contribution < 1.29 is 19.4 Å². The molecule has 0 saturated carbocycles. The zero-order chi connectivity index (χ0) is 13.8. The van der Waals surface area contributed by atoms with Crippen molar-refractivity contribution in [3.8, 4) is 0 Å². The Labute approximate surface area is 110 Å². The van der Waals surface area contributed by atoms with Crippen LogP contribution in [0.25, 0.3) is 0 Å². The fourth-order valence-electron chi connectivity index (χ4n) is 1.67. The Hall–Kier alpha value is -2.21. The molecule has 1 N–H and O–H groups in total. The highest BCUT2D eigenvalue weighted by Crippen LogP contribution is 2.15. The van der Waals surface area contributed by atoms with Gasteiger partial charge in [-0.05, 0) is 24.4 Å². The first kappa shape index (κ1) is 13.2. The fraction of sp³-hybridized carbons (Fsp3) is 0.308. The lowest BCUT2D eigenvalue weighted by Gasteiger charge is -1.98. The molecular formula is C13H15N3O3. The van der Waals surface area contributed by atoms with Crippen LogP contribution < -0.4 is 9.79 Å². The first-order valence-corrected chi connectivity index (χ1v) is 5.87. The Balaban J connectivity index is 2.28. The highest BCUT2D eigenvalue weighted by atomic mass is 16.5. The molecule has 100 valence electrons. The third-order valence-electron chi connectivity index (χ3n) is 2.65. The predicted molar refractivity (Wildman–Crippen MR) is 65.7 cm³/mol. The second-order valence-corrected chi connectivity index (χ2v) is 4.26. The van der Waals surface area contributed by atoms with Gasteiger partial charge >= 0.3 is 11.6 Å². The van der Waals surface area contributed by atoms with Crippen LogP contribution in [0.1, 0.15) is 23.7 Å². The third kappa shape index (κ3) is 3.17. The number of aliphatic hydroxyl groups excluding tert-OH is 1. The Bertz CT molecular complexity index is 584. The molecule has 0 saturated heterocycles. The van der Waals surface area contributed by atoms with Gasteiger partial charge in [0, 0.05) is 5.56 Å². The minimum atomic E-state index is -0.395. The highest BCUT2D eigenvalue weighted by molar-refractivity contribution is 5.71. The average Bonchev–Trinajstić information content (AvgIpc) is 2.73. The van der Waals surface area contributed by atoms with Crippen LogP contribution in [0.5, 0.6) is 0 Å². The summed E-state index contributed by atoms with van der Waals surface area (Å²) in [6, 6.07) is 7.94. The van der Waals surface area contributed by atoms with Gasteiger partial charge in [0.1, 0.15) is 6.61 Å². The zero-order valence-corrected chi connectivity index (χ0v) is 10.8. The van der Waals surface area contributed by atoms with E-state index in [2.05, 4.69) is 10.3 Å². The highest BCUT2D eigenvalue weighted by Gasteiger charge is 2.23. The maximum Gasteiger partial charge on any atom is 0.326 e. The van der Waals surface area contributed by atoms with E-state index in [-0.39, 0.29) is 12.5 Å². The molecule has 0 fully saturated rings. The van der Waals surface area contributed by atoms with Gasteiger partial charge < -0.3 is 10.2 Å². The molecule has 2 rings (SSSR count). The molecule has 6 nitrogen and oxygen atoms in total. The number of aryl methyl sites for hydroxylation is 1. The molecule has 0 aliphatic heterocycles. The molecule has 6 heteroatoms. The van der Waals surface area contributed by atoms with Crippen molar-refractivity contribution in [2.24, 2.45) is 4.99 Å². The first-order chi connectivity index (χ1) is 9.10. The second-order valence-electron chi connectivity index (χ2n) is 4.26. The molecule has 0 aliphatic rings. The van der Waals surface area contributed by atoms with Crippen molar-refractivity contribution in [2.45, 2.75) is 27.0 Å². The Morgan fingerprint density at radius 2 is 2.11 bits per heavy atom. The van der Waals surface area contributed by atoms with Crippen LogP contribution in [0.4, 0.5) is 5.88 Å². The lowest BCUT2D eigenvalue weighted by Crippen LogP contribution is -2.39. The van der Waals surface area contributed by atoms with E-state index in [4.69, 9.17) is 4.52 Å². The fourth-order valence-corrected chi connectivity index (χ4v) is 1.67. The van der Waals surface area contributed by atoms with Crippen LogP contribution in [0.2, 0.25) is 0 Å². The van der Waals surface area contributed by atoms with Crippen molar-refractivity contribution in [2.75, 3.05) is 0 Å². The molecular weight excluding hydrogens is 246 g/mol. The van der Waals surface area contributed by atoms with Crippen LogP contribution in [-0.2, 0) is 13.2 Å². The summed E-state index contributed by atoms with van der Waals surface area (Å²) in [4.78, 5) is 3.66. The monoisotopic (exact) mass is 261 g/mol. The number of aromatic nitrogens is 2. The maximum absolute atomic E-state index is 10.9. The van der Waals surface area contributed by atoms with Gasteiger partial charge in [0.15, 0.2) is 0 Å². The normalized spacial score (nSPS) is 11.8. The molecule has 0 amide bonds. The standard InChI is InChI=1S/C13H15N3O3/c1-9-3-5-11(6-4-9)7-16-12(8-17)13(19-15-16)14-10(2)18/h3-6,17H,7-8H2,1-2H3. The van der Waals surface area contributed by atoms with Crippen LogP contribution in [0, 0.1) is 6.92 Å². The molecule has 0 unspecified atom stereocenters. The van der Waals surface area contributed by atoms with Crippen LogP contribution in [0.3, 0.4) is 0 Å². The smallest absolute Gasteiger partial charge is 0.326 e. The molecule has 0 radical (unpaired) electrons. The van der Waals surface area contributed by atoms with Gasteiger partial charge in [-0.25, -0.2) is 4.99 Å². The Morgan fingerprint density at radius 3 is 2.68 bits per heavy atom. The number of aliphatic imine (C=N–C) groups is 1. The minimum absolute atomic E-state index is 0.0575. The van der Waals surface area contributed by atoms with Crippen molar-refractivity contribution in [3.63, 3.8) is 0 Å². The van der Waals surface area contributed by atoms with Crippen molar-refractivity contribution >= 4 is 11.8 Å². The number of benzene rings is 1. The minimum Gasteiger partial charge on any atom is -0.862 e. The quantitative estimate of drug-likeness (QED) is 0.484. The zero-order valence-electron chi connectivity index (χ0n) is 10.8. The largest absolute Gasteiger partial charge is 0.862 e. The molecule has 0 spiro atoms. The van der Waals surface area contributed by atoms with Crippen molar-refractivity contribution in [3.05, 3.63) is 41.1 Å². The molecule has 0 bridgehead atoms. The third-order valence-corrected chi connectivity index (χ3v) is 2.65. The topological polar surface area (TPSA) is 85.6 Å². The molecule has 1 heterocycles. The van der Waals surface area contributed by atoms with Gasteiger partial charge in [0.2, 0.25) is 11.8 Å². The van der Waals surface area contributed by atoms with E-state index in [1.807, 2.05) is 31.2 Å². The lowest BCUT2D eigenvalue weighted by atomic mass is 10.1. The summed E-state index contributed by atoms with van der Waals surface area (Å²) in [6.07, 6.45) is 0. The molecule has 0 aliphatic carbocycles. The Morgan fingerprint density at radius 1 is 1.42 bits per heavy atom. The average molecular weight is 261 g/mol. The summed E-state index contributed by atoms with van der Waals surface area (Å²) >= 11 is 0. The summed E-state index contributed by atoms with van der Waals surface area (Å²) < 4.78 is 6.45. The summed E-state index contributed by atoms with van der Waals surface area (Å²) in [5.74, 6) is -0.338. The number of hydrogen-bond acceptors (Lipinski definition) is 5. The van der Waals surface area contributed by atoms with E-state index < -0.39 is 5.90 Å². The van der Waals surface area contributed by atoms with Gasteiger partial charge in [0.05, 0.1) is 0 Å². The van der Waals surface area contributed by atoms with E-state index in [0.717, 1.165) is 5.56 Å². The molecule has 2 aromatic rings. The first-order valence-electron chi connectivity index (χ1n) is 5.87. The number of nitrogens with zero attached hydrogens (tertiary/aromatic N) is 3. The number of rotatable bonds is 4. The number of hydrogen-bond donors (Lipinski definition) is 1. The molecule has 19 heavy (non-hydrogen) atoms. The summed E-state index contributed by atoms with van der Waals surface area (Å²) in [6.45, 7) is 3.48. The van der Waals surface area contributed by atoms with Gasteiger partial charge in [-0.2, -0.15) is 0 Å². The van der Waals surface area contributed by atoms with Crippen LogP contribution in [-0.4, -0.2) is 16.3 Å². The van der Waals surface area contributed by atoms with E-state index in [0.29, 0.717) is 12.2 Å². The lowest BCUT2D eigenvalue weighted by molar-refractivity contribution is -0.762. The molecule has 1 aromatic carbocycles. The van der Waals surface area contributed by atoms with Crippen molar-refractivity contribution in [1.29, 1.82) is 0 Å². The van der Waals surface area contributed by atoms with Gasteiger partial charge in [-0.1, -0.05) is 29.8 Å². The molecule has 0 atom stereocenters. The predicted octanol–water partition coefficient (Wildman–Crippen LogP) is 0.221. The summed E-state index contributed by atoms with van der Waals surface area (Å²) in [7, 11) is 0. The molecule has 1 aromatic heterocycles. The van der Waals surface area contributed by atoms with Gasteiger partial charge in [-0.15, -0.1) is 0 Å². The van der Waals surface area contributed by atoms with E-state index in [1.165, 1.54) is 17.2 Å². The van der Waals surface area contributed by atoms with Gasteiger partial charge in [0.25, 0.3) is 0 Å². The summed E-state index contributed by atoms with van der Waals surface area (Å²) in [5, 5.41) is 24.1. The SMILES string of the molecule is C/C([O-])=N\c1on[n+](Cc2ccc(C)cc2)c1CO. The van der Waals surface area contributed by atoms with Crippen LogP contribution in [0.15, 0.2) is 33.8 Å². The van der Waals surface area contributed by atoms with Gasteiger partial charge in [-0.3, -0.25) is 4.52 Å². The maximum atomic E-state index is 10.9. The number of aliphatic hydroxyl groups is 1. The van der Waals surface area contributed by atoms with Crippen LogP contribution >= 0.6 is 0 Å². The second kappa shape index (κ2) is 5.62. The summed E-state index contributed by atoms with van der Waals surface area (Å²) in [5.41, 5.74) is 2.58.